The number of rotatable bonds is 7. The quantitative estimate of drug-likeness (QED) is 0.192. The first-order chi connectivity index (χ1) is 22.0. The Morgan fingerprint density at radius 1 is 0.822 bits per heavy atom. The number of fused-ring (bicyclic) bond motifs is 3. The lowest BCUT2D eigenvalue weighted by molar-refractivity contribution is 0.383. The molecule has 1 aliphatic heterocycles. The van der Waals surface area contributed by atoms with Gasteiger partial charge in [-0.25, -0.2) is 9.98 Å². The van der Waals surface area contributed by atoms with E-state index in [1.54, 1.807) is 6.20 Å². The van der Waals surface area contributed by atoms with Gasteiger partial charge >= 0.3 is 0 Å². The first-order valence-electron chi connectivity index (χ1n) is 15.7. The molecule has 0 saturated carbocycles. The summed E-state index contributed by atoms with van der Waals surface area (Å²) in [4.78, 5) is 17.0. The second kappa shape index (κ2) is 11.6. The van der Waals surface area contributed by atoms with Crippen molar-refractivity contribution >= 4 is 11.7 Å². The smallest absolute Gasteiger partial charge is 0.159 e. The Morgan fingerprint density at radius 2 is 1.62 bits per heavy atom. The molecule has 45 heavy (non-hydrogen) atoms. The van der Waals surface area contributed by atoms with E-state index >= 15 is 0 Å². The topological polar surface area (TPSA) is 64.6 Å². The van der Waals surface area contributed by atoms with E-state index in [1.807, 2.05) is 36.5 Å². The molecule has 0 spiro atoms. The fraction of sp³-hybridized carbons (Fsp3) is 0.200. The third kappa shape index (κ3) is 4.93. The Morgan fingerprint density at radius 3 is 2.36 bits per heavy atom. The molecule has 5 aromatic rings. The van der Waals surface area contributed by atoms with E-state index in [1.165, 1.54) is 22.3 Å². The van der Waals surface area contributed by atoms with Gasteiger partial charge in [0.1, 0.15) is 12.0 Å². The number of benzene rings is 4. The normalized spacial score (nSPS) is 18.4. The highest BCUT2D eigenvalue weighted by molar-refractivity contribution is 6.16. The van der Waals surface area contributed by atoms with Crippen LogP contribution in [0.5, 0.6) is 0 Å². The van der Waals surface area contributed by atoms with Crippen LogP contribution in [0.25, 0.3) is 22.3 Å². The Bertz CT molecular complexity index is 1970. The summed E-state index contributed by atoms with van der Waals surface area (Å²) < 4.78 is 0. The molecule has 2 atom stereocenters. The van der Waals surface area contributed by atoms with Gasteiger partial charge in [0.2, 0.25) is 0 Å². The third-order valence-electron chi connectivity index (χ3n) is 9.34. The van der Waals surface area contributed by atoms with Crippen LogP contribution in [0.2, 0.25) is 0 Å². The first-order valence-corrected chi connectivity index (χ1v) is 15.7. The van der Waals surface area contributed by atoms with E-state index in [0.29, 0.717) is 5.56 Å². The van der Waals surface area contributed by atoms with Crippen molar-refractivity contribution in [3.8, 4) is 28.3 Å². The Labute approximate surface area is 265 Å². The van der Waals surface area contributed by atoms with Gasteiger partial charge in [-0.05, 0) is 63.6 Å². The average Bonchev–Trinajstić information content (AvgIpc) is 3.36. The van der Waals surface area contributed by atoms with E-state index in [-0.39, 0.29) is 11.6 Å². The van der Waals surface area contributed by atoms with Crippen LogP contribution in [0.15, 0.2) is 126 Å². The van der Waals surface area contributed by atoms with Crippen LogP contribution in [0.4, 0.5) is 0 Å². The lowest BCUT2D eigenvalue weighted by Crippen LogP contribution is -2.36. The van der Waals surface area contributed by atoms with Crippen LogP contribution in [-0.4, -0.2) is 28.6 Å². The number of amidine groups is 2. The SMILES string of the molecule is CCCCC1(C)c2cc(C#N)ccc2-c2c(C3=NC(c4ccccc4)=NC(c4ccc(-c5cccnc5)cc4)N3C)cccc21. The third-order valence-corrected chi connectivity index (χ3v) is 9.34. The van der Waals surface area contributed by atoms with Gasteiger partial charge in [-0.1, -0.05) is 112 Å². The summed E-state index contributed by atoms with van der Waals surface area (Å²) in [6.45, 7) is 4.58. The van der Waals surface area contributed by atoms with Gasteiger partial charge in [0.05, 0.1) is 11.6 Å². The molecule has 0 fully saturated rings. The van der Waals surface area contributed by atoms with Gasteiger partial charge in [-0.15, -0.1) is 0 Å². The molecule has 220 valence electrons. The summed E-state index contributed by atoms with van der Waals surface area (Å²) in [5.41, 5.74) is 10.8. The van der Waals surface area contributed by atoms with Crippen LogP contribution >= 0.6 is 0 Å². The lowest BCUT2D eigenvalue weighted by atomic mass is 9.75. The highest BCUT2D eigenvalue weighted by Gasteiger charge is 2.41. The molecule has 5 nitrogen and oxygen atoms in total. The van der Waals surface area contributed by atoms with Crippen LogP contribution < -0.4 is 0 Å². The Hall–Kier alpha value is -5.34. The molecule has 2 unspecified atom stereocenters. The van der Waals surface area contributed by atoms with Crippen molar-refractivity contribution in [2.24, 2.45) is 9.98 Å². The minimum absolute atomic E-state index is 0.185. The maximum Gasteiger partial charge on any atom is 0.159 e. The van der Waals surface area contributed by atoms with Crippen molar-refractivity contribution in [3.05, 3.63) is 149 Å². The van der Waals surface area contributed by atoms with Gasteiger partial charge in [-0.3, -0.25) is 4.98 Å². The average molecular weight is 586 g/mol. The van der Waals surface area contributed by atoms with E-state index in [9.17, 15) is 5.26 Å². The molecule has 0 saturated heterocycles. The van der Waals surface area contributed by atoms with Gasteiger partial charge in [0, 0.05) is 36.0 Å². The number of nitrogens with zero attached hydrogens (tertiary/aromatic N) is 5. The van der Waals surface area contributed by atoms with Gasteiger partial charge in [-0.2, -0.15) is 5.26 Å². The second-order valence-corrected chi connectivity index (χ2v) is 12.1. The Balaban J connectivity index is 1.38. The molecule has 2 aliphatic rings. The summed E-state index contributed by atoms with van der Waals surface area (Å²) in [6, 6.07) is 38.1. The van der Waals surface area contributed by atoms with Crippen molar-refractivity contribution in [2.45, 2.75) is 44.7 Å². The molecule has 0 bridgehead atoms. The minimum atomic E-state index is -0.264. The second-order valence-electron chi connectivity index (χ2n) is 12.1. The Kier molecular flexibility index (Phi) is 7.35. The monoisotopic (exact) mass is 585 g/mol. The molecule has 5 heteroatoms. The molecule has 1 aliphatic carbocycles. The van der Waals surface area contributed by atoms with Crippen LogP contribution in [-0.2, 0) is 5.41 Å². The summed E-state index contributed by atoms with van der Waals surface area (Å²) in [7, 11) is 2.09. The first kappa shape index (κ1) is 28.4. The maximum atomic E-state index is 9.79. The molecule has 0 amide bonds. The number of hydrogen-bond acceptors (Lipinski definition) is 5. The number of aliphatic imine (C=N–C) groups is 2. The van der Waals surface area contributed by atoms with E-state index in [2.05, 4.69) is 110 Å². The fourth-order valence-corrected chi connectivity index (χ4v) is 6.90. The molecule has 2 heterocycles. The highest BCUT2D eigenvalue weighted by Crippen LogP contribution is 2.53. The van der Waals surface area contributed by atoms with Gasteiger partial charge < -0.3 is 4.90 Å². The van der Waals surface area contributed by atoms with Crippen molar-refractivity contribution in [1.82, 2.24) is 9.88 Å². The molecule has 1 aromatic heterocycles. The predicted molar refractivity (Wildman–Crippen MR) is 182 cm³/mol. The van der Waals surface area contributed by atoms with Gasteiger partial charge in [0.15, 0.2) is 5.84 Å². The maximum absolute atomic E-state index is 9.79. The molecule has 0 N–H and O–H groups in total. The van der Waals surface area contributed by atoms with Crippen LogP contribution in [0, 0.1) is 11.3 Å². The summed E-state index contributed by atoms with van der Waals surface area (Å²) >= 11 is 0. The molecular weight excluding hydrogens is 550 g/mol. The predicted octanol–water partition coefficient (Wildman–Crippen LogP) is 8.93. The zero-order valence-corrected chi connectivity index (χ0v) is 25.9. The number of nitriles is 1. The fourth-order valence-electron chi connectivity index (χ4n) is 6.90. The van der Waals surface area contributed by atoms with Crippen LogP contribution in [0.1, 0.15) is 72.7 Å². The van der Waals surface area contributed by atoms with E-state index in [4.69, 9.17) is 9.98 Å². The zero-order valence-electron chi connectivity index (χ0n) is 25.9. The molecule has 4 aromatic carbocycles. The summed E-state index contributed by atoms with van der Waals surface area (Å²) in [5.74, 6) is 1.60. The number of hydrogen-bond donors (Lipinski definition) is 0. The minimum Gasteiger partial charge on any atom is -0.333 e. The van der Waals surface area contributed by atoms with Crippen molar-refractivity contribution in [1.29, 1.82) is 5.26 Å². The highest BCUT2D eigenvalue weighted by atomic mass is 15.3. The van der Waals surface area contributed by atoms with Crippen molar-refractivity contribution in [2.75, 3.05) is 7.05 Å². The number of unbranched alkanes of at least 4 members (excludes halogenated alkanes) is 1. The van der Waals surface area contributed by atoms with Gasteiger partial charge in [0.25, 0.3) is 0 Å². The lowest BCUT2D eigenvalue weighted by Gasteiger charge is -2.33. The molecule has 7 rings (SSSR count). The van der Waals surface area contributed by atoms with Crippen molar-refractivity contribution in [3.63, 3.8) is 0 Å². The zero-order chi connectivity index (χ0) is 31.0. The largest absolute Gasteiger partial charge is 0.333 e. The standard InChI is InChI=1S/C40H35N5/c1-4-5-22-40(2)34-15-9-14-33(36(34)32-21-16-27(25-41)24-35(32)40)39-44-37(29-11-7-6-8-12-29)43-38(45(39)3)30-19-17-28(18-20-30)31-13-10-23-42-26-31/h6-21,23-24,26,38H,4-5,22H2,1-3H3. The van der Waals surface area contributed by atoms with Crippen molar-refractivity contribution < 1.29 is 0 Å². The van der Waals surface area contributed by atoms with Crippen LogP contribution in [0.3, 0.4) is 0 Å². The summed E-state index contributed by atoms with van der Waals surface area (Å²) in [6.07, 6.45) is 6.67. The molecular formula is C40H35N5. The van der Waals surface area contributed by atoms with E-state index in [0.717, 1.165) is 58.8 Å². The van der Waals surface area contributed by atoms with E-state index < -0.39 is 0 Å². The summed E-state index contributed by atoms with van der Waals surface area (Å²) in [5, 5.41) is 9.79. The number of aromatic nitrogens is 1. The number of pyridine rings is 1. The molecule has 0 radical (unpaired) electrons.